The topological polar surface area (TPSA) is 85.1 Å². The van der Waals surface area contributed by atoms with Gasteiger partial charge in [0.15, 0.2) is 0 Å². The molecule has 1 aromatic carbocycles. The molecule has 0 fully saturated rings. The molecule has 0 unspecified atom stereocenters. The van der Waals surface area contributed by atoms with Crippen molar-refractivity contribution in [1.82, 2.24) is 4.98 Å². The number of nitrogens with one attached hydrogen (secondary N) is 1. The van der Waals surface area contributed by atoms with Gasteiger partial charge in [-0.3, -0.25) is 9.71 Å². The highest BCUT2D eigenvalue weighted by Crippen LogP contribution is 2.32. The van der Waals surface area contributed by atoms with Crippen LogP contribution in [-0.4, -0.2) is 13.4 Å². The zero-order valence-electron chi connectivity index (χ0n) is 10.4. The molecule has 2 aromatic rings. The van der Waals surface area contributed by atoms with E-state index in [1.165, 1.54) is 18.3 Å². The monoisotopic (exact) mass is 375 g/mol. The van der Waals surface area contributed by atoms with Crippen LogP contribution in [0.4, 0.5) is 11.4 Å². The Morgan fingerprint density at radius 1 is 1.30 bits per heavy atom. The lowest BCUT2D eigenvalue weighted by molar-refractivity contribution is 0.601. The molecule has 0 aliphatic carbocycles. The summed E-state index contributed by atoms with van der Waals surface area (Å²) in [5.74, 6) is 0. The summed E-state index contributed by atoms with van der Waals surface area (Å²) in [6.45, 7) is 1.82. The molecular formula is C12H11BrClN3O2S. The Labute approximate surface area is 130 Å². The first-order valence-corrected chi connectivity index (χ1v) is 8.14. The summed E-state index contributed by atoms with van der Waals surface area (Å²) in [5, 5.41) is 0.244. The van der Waals surface area contributed by atoms with Crippen molar-refractivity contribution in [2.24, 2.45) is 0 Å². The Bertz CT molecular complexity index is 765. The van der Waals surface area contributed by atoms with Crippen molar-refractivity contribution in [2.45, 2.75) is 11.8 Å². The van der Waals surface area contributed by atoms with E-state index in [9.17, 15) is 8.42 Å². The van der Waals surface area contributed by atoms with Gasteiger partial charge in [-0.05, 0) is 46.6 Å². The number of aromatic nitrogens is 1. The summed E-state index contributed by atoms with van der Waals surface area (Å²) in [6, 6.07) is 4.47. The lowest BCUT2D eigenvalue weighted by Gasteiger charge is -2.11. The first-order chi connectivity index (χ1) is 9.29. The number of aryl methyl sites for hydroxylation is 1. The van der Waals surface area contributed by atoms with Gasteiger partial charge < -0.3 is 5.73 Å². The number of hydrogen-bond donors (Lipinski definition) is 2. The number of pyridine rings is 1. The average molecular weight is 377 g/mol. The van der Waals surface area contributed by atoms with Gasteiger partial charge in [-0.25, -0.2) is 8.42 Å². The molecule has 3 N–H and O–H groups in total. The van der Waals surface area contributed by atoms with E-state index in [1.54, 1.807) is 12.3 Å². The number of anilines is 2. The van der Waals surface area contributed by atoms with Crippen LogP contribution in [0.5, 0.6) is 0 Å². The Morgan fingerprint density at radius 2 is 2.00 bits per heavy atom. The summed E-state index contributed by atoms with van der Waals surface area (Å²) in [4.78, 5) is 3.91. The number of nitrogen functional groups attached to an aromatic ring is 1. The molecule has 0 aliphatic rings. The van der Waals surface area contributed by atoms with Crippen LogP contribution in [0.25, 0.3) is 0 Å². The quantitative estimate of drug-likeness (QED) is 0.806. The fourth-order valence-electron chi connectivity index (χ4n) is 1.60. The summed E-state index contributed by atoms with van der Waals surface area (Å²) < 4.78 is 27.4. The molecule has 0 saturated carbocycles. The molecule has 106 valence electrons. The Kier molecular flexibility index (Phi) is 4.22. The SMILES string of the molecule is Cc1cncc(NS(=O)(=O)c2cc(Cl)cc(N)c2Br)c1. The second-order valence-corrected chi connectivity index (χ2v) is 7.04. The zero-order valence-corrected chi connectivity index (χ0v) is 13.6. The molecule has 0 bridgehead atoms. The molecule has 1 aromatic heterocycles. The third-order valence-corrected chi connectivity index (χ3v) is 5.22. The number of halogens is 2. The second kappa shape index (κ2) is 5.59. The fraction of sp³-hybridized carbons (Fsp3) is 0.0833. The zero-order chi connectivity index (χ0) is 14.9. The first-order valence-electron chi connectivity index (χ1n) is 5.48. The predicted molar refractivity (Wildman–Crippen MR) is 83.3 cm³/mol. The van der Waals surface area contributed by atoms with Gasteiger partial charge in [0.05, 0.1) is 16.4 Å². The van der Waals surface area contributed by atoms with Gasteiger partial charge in [0.1, 0.15) is 4.90 Å². The molecular weight excluding hydrogens is 366 g/mol. The highest BCUT2D eigenvalue weighted by Gasteiger charge is 2.20. The van der Waals surface area contributed by atoms with Crippen LogP contribution in [0.15, 0.2) is 40.0 Å². The summed E-state index contributed by atoms with van der Waals surface area (Å²) in [5.41, 5.74) is 7.16. The van der Waals surface area contributed by atoms with Gasteiger partial charge >= 0.3 is 0 Å². The Hall–Kier alpha value is -1.31. The minimum atomic E-state index is -3.81. The van der Waals surface area contributed by atoms with Crippen LogP contribution in [0, 0.1) is 6.92 Å². The molecule has 0 radical (unpaired) electrons. The molecule has 2 rings (SSSR count). The number of hydrogen-bond acceptors (Lipinski definition) is 4. The molecule has 20 heavy (non-hydrogen) atoms. The van der Waals surface area contributed by atoms with Gasteiger partial charge in [0, 0.05) is 16.9 Å². The second-order valence-electron chi connectivity index (χ2n) is 4.16. The highest BCUT2D eigenvalue weighted by atomic mass is 79.9. The number of benzene rings is 1. The third kappa shape index (κ3) is 3.23. The van der Waals surface area contributed by atoms with Gasteiger partial charge in [-0.1, -0.05) is 11.6 Å². The van der Waals surface area contributed by atoms with E-state index in [1.807, 2.05) is 6.92 Å². The number of sulfonamides is 1. The highest BCUT2D eigenvalue weighted by molar-refractivity contribution is 9.10. The standard InChI is InChI=1S/C12H11BrClN3O2S/c1-7-2-9(6-16-5-7)17-20(18,19)11-4-8(14)3-10(15)12(11)13/h2-6,17H,15H2,1H3. The van der Waals surface area contributed by atoms with E-state index in [0.29, 0.717) is 5.69 Å². The minimum Gasteiger partial charge on any atom is -0.398 e. The number of rotatable bonds is 3. The summed E-state index contributed by atoms with van der Waals surface area (Å²) >= 11 is 9.01. The van der Waals surface area contributed by atoms with Crippen molar-refractivity contribution >= 4 is 48.9 Å². The van der Waals surface area contributed by atoms with E-state index in [4.69, 9.17) is 17.3 Å². The van der Waals surface area contributed by atoms with Crippen molar-refractivity contribution < 1.29 is 8.42 Å². The first kappa shape index (κ1) is 15.1. The molecule has 0 atom stereocenters. The van der Waals surface area contributed by atoms with Crippen LogP contribution in [0.2, 0.25) is 5.02 Å². The lowest BCUT2D eigenvalue weighted by atomic mass is 10.3. The van der Waals surface area contributed by atoms with Crippen LogP contribution in [-0.2, 0) is 10.0 Å². The molecule has 0 saturated heterocycles. The molecule has 0 spiro atoms. The fourth-order valence-corrected chi connectivity index (χ4v) is 3.93. The van der Waals surface area contributed by atoms with Crippen LogP contribution in [0.1, 0.15) is 5.56 Å². The molecule has 0 amide bonds. The van der Waals surface area contributed by atoms with E-state index >= 15 is 0 Å². The maximum atomic E-state index is 12.4. The Morgan fingerprint density at radius 3 is 2.65 bits per heavy atom. The van der Waals surface area contributed by atoms with E-state index in [2.05, 4.69) is 25.6 Å². The van der Waals surface area contributed by atoms with Gasteiger partial charge in [-0.15, -0.1) is 0 Å². The molecule has 0 aliphatic heterocycles. The van der Waals surface area contributed by atoms with E-state index in [-0.39, 0.29) is 20.1 Å². The molecule has 1 heterocycles. The maximum absolute atomic E-state index is 12.4. The van der Waals surface area contributed by atoms with Crippen molar-refractivity contribution in [3.8, 4) is 0 Å². The van der Waals surface area contributed by atoms with Crippen LogP contribution < -0.4 is 10.5 Å². The van der Waals surface area contributed by atoms with Gasteiger partial charge in [-0.2, -0.15) is 0 Å². The van der Waals surface area contributed by atoms with Crippen molar-refractivity contribution in [3.05, 3.63) is 45.7 Å². The molecule has 5 nitrogen and oxygen atoms in total. The Balaban J connectivity index is 2.46. The van der Waals surface area contributed by atoms with Gasteiger partial charge in [0.2, 0.25) is 0 Å². The third-order valence-electron chi connectivity index (χ3n) is 2.45. The largest absolute Gasteiger partial charge is 0.398 e. The van der Waals surface area contributed by atoms with Crippen LogP contribution >= 0.6 is 27.5 Å². The number of nitrogens with zero attached hydrogens (tertiary/aromatic N) is 1. The van der Waals surface area contributed by atoms with Crippen molar-refractivity contribution in [2.75, 3.05) is 10.5 Å². The summed E-state index contributed by atoms with van der Waals surface area (Å²) in [6.07, 6.45) is 3.05. The number of nitrogens with two attached hydrogens (primary N) is 1. The van der Waals surface area contributed by atoms with Crippen molar-refractivity contribution in [3.63, 3.8) is 0 Å². The smallest absolute Gasteiger partial charge is 0.263 e. The molecule has 8 heteroatoms. The lowest BCUT2D eigenvalue weighted by Crippen LogP contribution is -2.14. The van der Waals surface area contributed by atoms with Gasteiger partial charge in [0.25, 0.3) is 10.0 Å². The minimum absolute atomic E-state index is 0.0241. The predicted octanol–water partition coefficient (Wildman–Crippen LogP) is 3.19. The van der Waals surface area contributed by atoms with E-state index in [0.717, 1.165) is 5.56 Å². The van der Waals surface area contributed by atoms with Crippen molar-refractivity contribution in [1.29, 1.82) is 0 Å². The average Bonchev–Trinajstić information content (AvgIpc) is 2.33. The summed E-state index contributed by atoms with van der Waals surface area (Å²) in [7, 11) is -3.81. The van der Waals surface area contributed by atoms with E-state index < -0.39 is 10.0 Å². The maximum Gasteiger partial charge on any atom is 0.263 e. The van der Waals surface area contributed by atoms with Crippen LogP contribution in [0.3, 0.4) is 0 Å². The normalized spacial score (nSPS) is 11.3.